The molecule has 1 aliphatic heterocycles. The number of tetrazole rings is 1. The second kappa shape index (κ2) is 11.3. The van der Waals surface area contributed by atoms with Crippen LogP contribution < -0.4 is 15.2 Å². The summed E-state index contributed by atoms with van der Waals surface area (Å²) in [7, 11) is 3.52. The topological polar surface area (TPSA) is 130 Å². The van der Waals surface area contributed by atoms with Crippen LogP contribution in [0.15, 0.2) is 54.6 Å². The van der Waals surface area contributed by atoms with Gasteiger partial charge in [0.25, 0.3) is 0 Å². The Morgan fingerprint density at radius 2 is 1.91 bits per heavy atom. The highest BCUT2D eigenvalue weighted by atomic mass is 16.5. The molecule has 0 radical (unpaired) electrons. The van der Waals surface area contributed by atoms with Crippen molar-refractivity contribution in [1.82, 2.24) is 24.8 Å². The summed E-state index contributed by atoms with van der Waals surface area (Å²) in [5.41, 5.74) is 12.7. The van der Waals surface area contributed by atoms with Crippen LogP contribution in [-0.2, 0) is 20.0 Å². The van der Waals surface area contributed by atoms with Gasteiger partial charge in [0.1, 0.15) is 23.9 Å². The van der Waals surface area contributed by atoms with Gasteiger partial charge in [-0.1, -0.05) is 37.5 Å². The highest BCUT2D eigenvalue weighted by Crippen LogP contribution is 2.51. The van der Waals surface area contributed by atoms with Crippen LogP contribution in [0, 0.1) is 0 Å². The van der Waals surface area contributed by atoms with E-state index < -0.39 is 5.91 Å². The molecular formula is C34H36N6O4. The predicted molar refractivity (Wildman–Crippen MR) is 166 cm³/mol. The van der Waals surface area contributed by atoms with Gasteiger partial charge in [-0.05, 0) is 82.6 Å². The summed E-state index contributed by atoms with van der Waals surface area (Å²) in [6.45, 7) is 1.07. The lowest BCUT2D eigenvalue weighted by Gasteiger charge is -2.26. The molecule has 226 valence electrons. The molecule has 44 heavy (non-hydrogen) atoms. The maximum Gasteiger partial charge on any atom is 0.248 e. The number of hydrogen-bond donors (Lipinski definition) is 2. The minimum absolute atomic E-state index is 0.214. The SMILES string of the molecule is COc1cc2c(c([C@H](Cc3ccc(O)cc3)c3nnnn3C)c1)-c1c(C3CCCCC3)c3ccc(C(N)=O)cc3n1CCO2. The summed E-state index contributed by atoms with van der Waals surface area (Å²) in [4.78, 5) is 12.3. The molecule has 1 aliphatic carbocycles. The summed E-state index contributed by atoms with van der Waals surface area (Å²) >= 11 is 0. The first-order chi connectivity index (χ1) is 21.4. The number of aryl methyl sites for hydroxylation is 1. The largest absolute Gasteiger partial charge is 0.508 e. The molecule has 2 aromatic heterocycles. The molecule has 3 aromatic carbocycles. The van der Waals surface area contributed by atoms with E-state index in [0.717, 1.165) is 51.9 Å². The van der Waals surface area contributed by atoms with E-state index >= 15 is 0 Å². The number of rotatable bonds is 7. The van der Waals surface area contributed by atoms with Crippen LogP contribution in [0.2, 0.25) is 0 Å². The zero-order valence-corrected chi connectivity index (χ0v) is 25.0. The van der Waals surface area contributed by atoms with Crippen LogP contribution in [0.4, 0.5) is 0 Å². The van der Waals surface area contributed by atoms with Gasteiger partial charge in [0.05, 0.1) is 25.3 Å². The number of phenols is 1. The number of primary amides is 1. The van der Waals surface area contributed by atoms with E-state index in [1.165, 1.54) is 24.8 Å². The van der Waals surface area contributed by atoms with E-state index in [0.29, 0.717) is 42.6 Å². The second-order valence-electron chi connectivity index (χ2n) is 11.9. The van der Waals surface area contributed by atoms with E-state index in [2.05, 4.69) is 32.2 Å². The number of aromatic nitrogens is 5. The lowest BCUT2D eigenvalue weighted by Crippen LogP contribution is -2.14. The smallest absolute Gasteiger partial charge is 0.248 e. The highest BCUT2D eigenvalue weighted by molar-refractivity contribution is 6.01. The third-order valence-corrected chi connectivity index (χ3v) is 9.27. The van der Waals surface area contributed by atoms with Gasteiger partial charge >= 0.3 is 0 Å². The van der Waals surface area contributed by atoms with Crippen LogP contribution in [0.1, 0.15) is 76.8 Å². The molecule has 2 aliphatic rings. The number of hydrogen-bond acceptors (Lipinski definition) is 7. The Morgan fingerprint density at radius 1 is 1.11 bits per heavy atom. The normalized spacial score (nSPS) is 15.7. The van der Waals surface area contributed by atoms with Crippen molar-refractivity contribution in [3.63, 3.8) is 0 Å². The average Bonchev–Trinajstić information content (AvgIpc) is 3.54. The van der Waals surface area contributed by atoms with Crippen molar-refractivity contribution in [2.75, 3.05) is 13.7 Å². The average molecular weight is 593 g/mol. The number of benzene rings is 3. The molecular weight excluding hydrogens is 556 g/mol. The Labute approximate surface area is 255 Å². The zero-order chi connectivity index (χ0) is 30.4. The van der Waals surface area contributed by atoms with Gasteiger partial charge in [-0.2, -0.15) is 0 Å². The fourth-order valence-electron chi connectivity index (χ4n) is 7.19. The third-order valence-electron chi connectivity index (χ3n) is 9.27. The lowest BCUT2D eigenvalue weighted by atomic mass is 9.79. The Balaban J connectivity index is 1.54. The van der Waals surface area contributed by atoms with Crippen molar-refractivity contribution in [2.45, 2.75) is 56.9 Å². The lowest BCUT2D eigenvalue weighted by molar-refractivity contribution is 0.100. The van der Waals surface area contributed by atoms with Gasteiger partial charge < -0.3 is 24.9 Å². The number of ether oxygens (including phenoxy) is 2. The summed E-state index contributed by atoms with van der Waals surface area (Å²) in [5.74, 6) is 2.01. The first kappa shape index (κ1) is 27.9. The van der Waals surface area contributed by atoms with Crippen molar-refractivity contribution in [1.29, 1.82) is 0 Å². The molecule has 0 bridgehead atoms. The molecule has 1 atom stereocenters. The van der Waals surface area contributed by atoms with Crippen LogP contribution in [0.3, 0.4) is 0 Å². The quantitative estimate of drug-likeness (QED) is 0.257. The van der Waals surface area contributed by atoms with E-state index in [4.69, 9.17) is 15.2 Å². The summed E-state index contributed by atoms with van der Waals surface area (Å²) in [5, 5.41) is 23.8. The monoisotopic (exact) mass is 592 g/mol. The number of phenolic OH excluding ortho intramolecular Hbond substituents is 1. The number of nitrogens with two attached hydrogens (primary N) is 1. The van der Waals surface area contributed by atoms with Crippen LogP contribution in [0.5, 0.6) is 17.2 Å². The molecule has 1 amide bonds. The minimum atomic E-state index is -0.443. The van der Waals surface area contributed by atoms with E-state index in [9.17, 15) is 9.90 Å². The first-order valence-corrected chi connectivity index (χ1v) is 15.2. The van der Waals surface area contributed by atoms with Crippen LogP contribution in [0.25, 0.3) is 22.2 Å². The summed E-state index contributed by atoms with van der Waals surface area (Å²) < 4.78 is 16.4. The first-order valence-electron chi connectivity index (χ1n) is 15.2. The van der Waals surface area contributed by atoms with Gasteiger partial charge in [-0.25, -0.2) is 4.68 Å². The third kappa shape index (κ3) is 4.84. The predicted octanol–water partition coefficient (Wildman–Crippen LogP) is 5.46. The molecule has 5 aromatic rings. The van der Waals surface area contributed by atoms with Crippen molar-refractivity contribution in [2.24, 2.45) is 12.8 Å². The van der Waals surface area contributed by atoms with Gasteiger partial charge in [0.15, 0.2) is 5.82 Å². The standard InChI is InChI=1S/C34H36N6O4/c1-39-34(36-37-38-39)27(16-20-8-11-23(41)12-9-20)26-18-24(43-2)19-29-31(26)32-30(21-6-4-3-5-7-21)25-13-10-22(33(35)42)17-28(25)40(32)14-15-44-29/h8-13,17-19,21,27,41H,3-7,14-16H2,1-2H3,(H2,35,42)/t27-/m0/s1. The number of aromatic hydroxyl groups is 1. The van der Waals surface area contributed by atoms with E-state index in [-0.39, 0.29) is 11.7 Å². The van der Waals surface area contributed by atoms with Crippen molar-refractivity contribution >= 4 is 16.8 Å². The number of fused-ring (bicyclic) bond motifs is 5. The Bertz CT molecular complexity index is 1850. The van der Waals surface area contributed by atoms with Gasteiger partial charge in [-0.3, -0.25) is 4.79 Å². The molecule has 0 unspecified atom stereocenters. The van der Waals surface area contributed by atoms with Crippen LogP contribution >= 0.6 is 0 Å². The van der Waals surface area contributed by atoms with E-state index in [1.807, 2.05) is 37.4 Å². The van der Waals surface area contributed by atoms with Gasteiger partial charge in [-0.15, -0.1) is 5.10 Å². The molecule has 10 nitrogen and oxygen atoms in total. The number of nitrogens with zero attached hydrogens (tertiary/aromatic N) is 5. The molecule has 3 N–H and O–H groups in total. The molecule has 10 heteroatoms. The highest BCUT2D eigenvalue weighted by Gasteiger charge is 2.34. The summed E-state index contributed by atoms with van der Waals surface area (Å²) in [6, 6.07) is 17.2. The number of carbonyl (C=O) groups excluding carboxylic acids is 1. The maximum atomic E-state index is 12.3. The second-order valence-corrected chi connectivity index (χ2v) is 11.9. The maximum absolute atomic E-state index is 12.3. The van der Waals surface area contributed by atoms with Crippen LogP contribution in [-0.4, -0.2) is 49.5 Å². The number of amides is 1. The van der Waals surface area contributed by atoms with E-state index in [1.54, 1.807) is 23.9 Å². The Hall–Kier alpha value is -4.86. The van der Waals surface area contributed by atoms with Crippen molar-refractivity contribution < 1.29 is 19.4 Å². The molecule has 0 spiro atoms. The van der Waals surface area contributed by atoms with Crippen molar-refractivity contribution in [3.8, 4) is 28.5 Å². The molecule has 1 saturated carbocycles. The zero-order valence-electron chi connectivity index (χ0n) is 25.0. The van der Waals surface area contributed by atoms with Gasteiger partial charge in [0.2, 0.25) is 5.91 Å². The Morgan fingerprint density at radius 3 is 2.61 bits per heavy atom. The Kier molecular flexibility index (Phi) is 7.20. The minimum Gasteiger partial charge on any atom is -0.508 e. The molecule has 3 heterocycles. The fourth-order valence-corrected chi connectivity index (χ4v) is 7.19. The molecule has 1 fully saturated rings. The number of methoxy groups -OCH3 is 1. The number of carbonyl (C=O) groups is 1. The molecule has 7 rings (SSSR count). The van der Waals surface area contributed by atoms with Crippen molar-refractivity contribution in [3.05, 3.63) is 82.7 Å². The van der Waals surface area contributed by atoms with Gasteiger partial charge in [0, 0.05) is 35.1 Å². The molecule has 0 saturated heterocycles. The fraction of sp³-hybridized carbons (Fsp3) is 0.353. The summed E-state index contributed by atoms with van der Waals surface area (Å²) in [6.07, 6.45) is 6.41.